The molecule has 7 nitrogen and oxygen atoms in total. The summed E-state index contributed by atoms with van der Waals surface area (Å²) < 4.78 is 0. The number of benzene rings is 2. The minimum Gasteiger partial charge on any atom is -0.326 e. The molecule has 24 heavy (non-hydrogen) atoms. The van der Waals surface area contributed by atoms with Crippen LogP contribution in [0, 0.1) is 10.8 Å². The second-order valence-electron chi connectivity index (χ2n) is 4.89. The molecule has 0 unspecified atom stereocenters. The number of carbonyl (C=O) groups excluding carboxylic acids is 1. The number of guanidine groups is 2. The van der Waals surface area contributed by atoms with Crippen LogP contribution in [0.3, 0.4) is 0 Å². The number of carbonyl (C=O) groups is 1. The van der Waals surface area contributed by atoms with Gasteiger partial charge in [0.15, 0.2) is 11.9 Å². The molecule has 0 spiro atoms. The fourth-order valence-electron chi connectivity index (χ4n) is 1.85. The molecule has 0 heterocycles. The van der Waals surface area contributed by atoms with Crippen LogP contribution in [0.2, 0.25) is 5.02 Å². The zero-order valence-corrected chi connectivity index (χ0v) is 13.7. The smallest absolute Gasteiger partial charge is 0.221 e. The van der Waals surface area contributed by atoms with Crippen molar-refractivity contribution in [3.05, 3.63) is 53.6 Å². The summed E-state index contributed by atoms with van der Waals surface area (Å²) in [5.41, 5.74) is 2.01. The Morgan fingerprint density at radius 3 is 1.58 bits per heavy atom. The van der Waals surface area contributed by atoms with Gasteiger partial charge in [0.1, 0.15) is 0 Å². The lowest BCUT2D eigenvalue weighted by molar-refractivity contribution is -0.114. The van der Waals surface area contributed by atoms with E-state index in [1.54, 1.807) is 48.5 Å². The van der Waals surface area contributed by atoms with E-state index in [1.807, 2.05) is 0 Å². The maximum atomic E-state index is 11.0. The van der Waals surface area contributed by atoms with E-state index < -0.39 is 0 Å². The third-order valence-corrected chi connectivity index (χ3v) is 3.09. The highest BCUT2D eigenvalue weighted by Crippen LogP contribution is 2.14. The molecule has 0 atom stereocenters. The van der Waals surface area contributed by atoms with Gasteiger partial charge in [-0.15, -0.1) is 0 Å². The van der Waals surface area contributed by atoms with Crippen LogP contribution < -0.4 is 21.3 Å². The number of hydrogen-bond acceptors (Lipinski definition) is 3. The van der Waals surface area contributed by atoms with Crippen molar-refractivity contribution in [2.45, 2.75) is 6.92 Å². The first-order valence-corrected chi connectivity index (χ1v) is 7.41. The fraction of sp³-hybridized carbons (Fsp3) is 0.0625. The summed E-state index contributed by atoms with van der Waals surface area (Å²) in [6, 6.07) is 13.7. The number of amides is 1. The summed E-state index contributed by atoms with van der Waals surface area (Å²) in [5.74, 6) is -0.259. The number of anilines is 3. The van der Waals surface area contributed by atoms with Crippen LogP contribution in [-0.2, 0) is 4.79 Å². The summed E-state index contributed by atoms with van der Waals surface area (Å²) >= 11 is 5.80. The molecule has 1 amide bonds. The standard InChI is InChI=1S/C16H17ClN6O/c1-10(24)20-12-6-8-14(9-7-12)22-16(19)23-15(18)21-13-4-2-11(17)3-5-13/h2-9H,1H3,(H,20,24)(H5,18,19,21,22,23). The molecular weight excluding hydrogens is 328 g/mol. The Bertz CT molecular complexity index is 742. The monoisotopic (exact) mass is 344 g/mol. The third kappa shape index (κ3) is 5.62. The molecule has 0 radical (unpaired) electrons. The van der Waals surface area contributed by atoms with Crippen LogP contribution >= 0.6 is 11.6 Å². The van der Waals surface area contributed by atoms with Crippen molar-refractivity contribution in [1.29, 1.82) is 10.8 Å². The van der Waals surface area contributed by atoms with Crippen LogP contribution in [0.1, 0.15) is 6.92 Å². The van der Waals surface area contributed by atoms with Crippen molar-refractivity contribution < 1.29 is 4.79 Å². The van der Waals surface area contributed by atoms with Gasteiger partial charge in [0.2, 0.25) is 5.91 Å². The van der Waals surface area contributed by atoms with Gasteiger partial charge in [-0.2, -0.15) is 0 Å². The zero-order chi connectivity index (χ0) is 17.5. The minimum atomic E-state index is -0.146. The van der Waals surface area contributed by atoms with Gasteiger partial charge in [0.05, 0.1) is 0 Å². The number of rotatable bonds is 3. The van der Waals surface area contributed by atoms with E-state index in [1.165, 1.54) is 6.92 Å². The predicted molar refractivity (Wildman–Crippen MR) is 98.0 cm³/mol. The van der Waals surface area contributed by atoms with Crippen LogP contribution in [0.15, 0.2) is 48.5 Å². The molecule has 2 rings (SSSR count). The summed E-state index contributed by atoms with van der Waals surface area (Å²) in [5, 5.41) is 27.1. The molecule has 0 saturated heterocycles. The van der Waals surface area contributed by atoms with E-state index in [9.17, 15) is 4.79 Å². The topological polar surface area (TPSA) is 113 Å². The van der Waals surface area contributed by atoms with Crippen LogP contribution in [0.5, 0.6) is 0 Å². The average Bonchev–Trinajstić information content (AvgIpc) is 2.51. The van der Waals surface area contributed by atoms with E-state index in [0.717, 1.165) is 0 Å². The van der Waals surface area contributed by atoms with Crippen molar-refractivity contribution in [2.24, 2.45) is 0 Å². The van der Waals surface area contributed by atoms with Gasteiger partial charge in [-0.25, -0.2) is 0 Å². The summed E-state index contributed by atoms with van der Waals surface area (Å²) in [6.07, 6.45) is 0. The number of hydrogen-bond donors (Lipinski definition) is 6. The molecule has 0 aliphatic heterocycles. The summed E-state index contributed by atoms with van der Waals surface area (Å²) in [6.45, 7) is 1.44. The molecule has 6 N–H and O–H groups in total. The molecular formula is C16H17ClN6O. The molecule has 2 aromatic rings. The largest absolute Gasteiger partial charge is 0.326 e. The maximum absolute atomic E-state index is 11.0. The Hall–Kier alpha value is -3.06. The molecule has 0 aromatic heterocycles. The van der Waals surface area contributed by atoms with E-state index in [0.29, 0.717) is 22.1 Å². The van der Waals surface area contributed by atoms with Gasteiger partial charge in [0.25, 0.3) is 0 Å². The van der Waals surface area contributed by atoms with Gasteiger partial charge >= 0.3 is 0 Å². The Kier molecular flexibility index (Phi) is 5.75. The molecule has 0 aliphatic carbocycles. The highest BCUT2D eigenvalue weighted by atomic mass is 35.5. The van der Waals surface area contributed by atoms with Crippen molar-refractivity contribution >= 4 is 46.5 Å². The minimum absolute atomic E-state index is 0.0512. The normalized spacial score (nSPS) is 9.75. The van der Waals surface area contributed by atoms with Crippen molar-refractivity contribution in [1.82, 2.24) is 5.32 Å². The second-order valence-corrected chi connectivity index (χ2v) is 5.33. The van der Waals surface area contributed by atoms with Crippen LogP contribution in [-0.4, -0.2) is 17.8 Å². The predicted octanol–water partition coefficient (Wildman–Crippen LogP) is 3.28. The lowest BCUT2D eigenvalue weighted by Crippen LogP contribution is -2.38. The lowest BCUT2D eigenvalue weighted by atomic mass is 10.3. The fourth-order valence-corrected chi connectivity index (χ4v) is 1.98. The van der Waals surface area contributed by atoms with Crippen molar-refractivity contribution in [3.63, 3.8) is 0 Å². The first kappa shape index (κ1) is 17.3. The van der Waals surface area contributed by atoms with E-state index in [4.69, 9.17) is 22.4 Å². The quantitative estimate of drug-likeness (QED) is 0.379. The summed E-state index contributed by atoms with van der Waals surface area (Å²) in [7, 11) is 0. The van der Waals surface area contributed by atoms with Crippen LogP contribution in [0.4, 0.5) is 17.1 Å². The van der Waals surface area contributed by atoms with Crippen LogP contribution in [0.25, 0.3) is 0 Å². The van der Waals surface area contributed by atoms with Gasteiger partial charge in [-0.3, -0.25) is 20.9 Å². The van der Waals surface area contributed by atoms with Gasteiger partial charge in [-0.05, 0) is 48.5 Å². The molecule has 124 valence electrons. The SMILES string of the molecule is CC(=O)Nc1ccc(NC(=N)NC(=N)Nc2ccc(Cl)cc2)cc1. The van der Waals surface area contributed by atoms with Gasteiger partial charge in [0, 0.05) is 29.0 Å². The van der Waals surface area contributed by atoms with E-state index in [2.05, 4.69) is 21.3 Å². The Balaban J connectivity index is 1.84. The molecule has 0 aliphatic rings. The van der Waals surface area contributed by atoms with Gasteiger partial charge < -0.3 is 16.0 Å². The van der Waals surface area contributed by atoms with Gasteiger partial charge in [-0.1, -0.05) is 11.6 Å². The molecule has 8 heteroatoms. The zero-order valence-electron chi connectivity index (χ0n) is 12.9. The van der Waals surface area contributed by atoms with Crippen molar-refractivity contribution in [2.75, 3.05) is 16.0 Å². The molecule has 2 aromatic carbocycles. The highest BCUT2D eigenvalue weighted by molar-refractivity contribution is 6.30. The molecule has 0 fully saturated rings. The Labute approximate surface area is 144 Å². The Morgan fingerprint density at radius 2 is 1.17 bits per heavy atom. The average molecular weight is 345 g/mol. The molecule has 0 bridgehead atoms. The van der Waals surface area contributed by atoms with E-state index in [-0.39, 0.29) is 17.8 Å². The highest BCUT2D eigenvalue weighted by Gasteiger charge is 2.03. The third-order valence-electron chi connectivity index (χ3n) is 2.84. The maximum Gasteiger partial charge on any atom is 0.221 e. The first-order valence-electron chi connectivity index (χ1n) is 7.04. The van der Waals surface area contributed by atoms with E-state index >= 15 is 0 Å². The number of halogens is 1. The number of nitrogens with one attached hydrogen (secondary N) is 6. The first-order chi connectivity index (χ1) is 11.4. The lowest BCUT2D eigenvalue weighted by Gasteiger charge is -2.13. The second kappa shape index (κ2) is 7.98. The van der Waals surface area contributed by atoms with Crippen molar-refractivity contribution in [3.8, 4) is 0 Å². The Morgan fingerprint density at radius 1 is 0.792 bits per heavy atom. The molecule has 0 saturated carbocycles. The summed E-state index contributed by atoms with van der Waals surface area (Å²) in [4.78, 5) is 11.0.